The summed E-state index contributed by atoms with van der Waals surface area (Å²) in [7, 11) is 1.32. The van der Waals surface area contributed by atoms with Gasteiger partial charge in [0.25, 0.3) is 5.91 Å². The van der Waals surface area contributed by atoms with E-state index >= 15 is 0 Å². The highest BCUT2D eigenvalue weighted by Gasteiger charge is 2.20. The van der Waals surface area contributed by atoms with Gasteiger partial charge in [0.15, 0.2) is 11.6 Å². The van der Waals surface area contributed by atoms with Crippen LogP contribution in [0.3, 0.4) is 0 Å². The van der Waals surface area contributed by atoms with Crippen molar-refractivity contribution in [2.75, 3.05) is 7.11 Å². The summed E-state index contributed by atoms with van der Waals surface area (Å²) in [6, 6.07) is 2.74. The highest BCUT2D eigenvalue weighted by Crippen LogP contribution is 2.17. The van der Waals surface area contributed by atoms with Crippen LogP contribution in [0.5, 0.6) is 5.75 Å². The molecule has 5 nitrogen and oxygen atoms in total. The standard InChI is InChI=1S/C13H16FNO4/c1-3-4-10(13(17)18)15-12(16)8-5-6-11(19-2)9(14)7-8/h5-7,10H,3-4H2,1-2H3,(H,15,16)(H,17,18)/t10-/m0/s1. The van der Waals surface area contributed by atoms with Gasteiger partial charge in [-0.25, -0.2) is 9.18 Å². The number of carboxylic acid groups (broad SMARTS) is 1. The first-order valence-electron chi connectivity index (χ1n) is 5.86. The minimum Gasteiger partial charge on any atom is -0.494 e. The Labute approximate surface area is 110 Å². The molecule has 0 aromatic heterocycles. The number of ether oxygens (including phenoxy) is 1. The molecule has 1 amide bonds. The van der Waals surface area contributed by atoms with E-state index in [-0.39, 0.29) is 11.3 Å². The zero-order chi connectivity index (χ0) is 14.4. The van der Waals surface area contributed by atoms with Crippen molar-refractivity contribution in [3.8, 4) is 5.75 Å². The van der Waals surface area contributed by atoms with Gasteiger partial charge in [0.05, 0.1) is 7.11 Å². The van der Waals surface area contributed by atoms with Crippen LogP contribution in [0.25, 0.3) is 0 Å². The number of carbonyl (C=O) groups excluding carboxylic acids is 1. The fourth-order valence-corrected chi connectivity index (χ4v) is 1.60. The summed E-state index contributed by atoms with van der Waals surface area (Å²) in [6.45, 7) is 1.81. The van der Waals surface area contributed by atoms with Crippen LogP contribution >= 0.6 is 0 Å². The molecule has 1 aromatic rings. The molecule has 19 heavy (non-hydrogen) atoms. The van der Waals surface area contributed by atoms with Crippen LogP contribution < -0.4 is 10.1 Å². The van der Waals surface area contributed by atoms with Crippen molar-refractivity contribution in [1.82, 2.24) is 5.32 Å². The molecule has 6 heteroatoms. The lowest BCUT2D eigenvalue weighted by Crippen LogP contribution is -2.40. The Morgan fingerprint density at radius 3 is 2.63 bits per heavy atom. The predicted octanol–water partition coefficient (Wildman–Crippen LogP) is 1.82. The Bertz CT molecular complexity index is 476. The third kappa shape index (κ3) is 3.94. The minimum atomic E-state index is -1.11. The number of carboxylic acids is 1. The van der Waals surface area contributed by atoms with Crippen LogP contribution in [0, 0.1) is 5.82 Å². The maximum absolute atomic E-state index is 13.4. The fraction of sp³-hybridized carbons (Fsp3) is 0.385. The average Bonchev–Trinajstić information content (AvgIpc) is 2.37. The highest BCUT2D eigenvalue weighted by atomic mass is 19.1. The third-order valence-corrected chi connectivity index (χ3v) is 2.59. The molecular formula is C13H16FNO4. The molecule has 0 aliphatic rings. The molecule has 0 fully saturated rings. The van der Waals surface area contributed by atoms with E-state index in [9.17, 15) is 14.0 Å². The van der Waals surface area contributed by atoms with Gasteiger partial charge in [0.2, 0.25) is 0 Å². The first-order valence-corrected chi connectivity index (χ1v) is 5.86. The first kappa shape index (κ1) is 14.9. The normalized spacial score (nSPS) is 11.7. The number of aliphatic carboxylic acids is 1. The number of benzene rings is 1. The lowest BCUT2D eigenvalue weighted by atomic mass is 10.1. The predicted molar refractivity (Wildman–Crippen MR) is 66.8 cm³/mol. The summed E-state index contributed by atoms with van der Waals surface area (Å²) in [5.74, 6) is -2.37. The molecule has 1 aromatic carbocycles. The molecule has 0 saturated carbocycles. The zero-order valence-electron chi connectivity index (χ0n) is 10.8. The second kappa shape index (κ2) is 6.72. The molecule has 0 bridgehead atoms. The SMILES string of the molecule is CCC[C@H](NC(=O)c1ccc(OC)c(F)c1)C(=O)O. The van der Waals surface area contributed by atoms with Crippen LogP contribution in [0.4, 0.5) is 4.39 Å². The largest absolute Gasteiger partial charge is 0.494 e. The van der Waals surface area contributed by atoms with E-state index < -0.39 is 23.7 Å². The van der Waals surface area contributed by atoms with Gasteiger partial charge in [-0.15, -0.1) is 0 Å². The van der Waals surface area contributed by atoms with Gasteiger partial charge in [0.1, 0.15) is 6.04 Å². The maximum atomic E-state index is 13.4. The van der Waals surface area contributed by atoms with Crippen molar-refractivity contribution < 1.29 is 23.8 Å². The Kier molecular flexibility index (Phi) is 5.29. The summed E-state index contributed by atoms with van der Waals surface area (Å²) in [5.41, 5.74) is 0.0562. The van der Waals surface area contributed by atoms with E-state index in [1.807, 2.05) is 6.92 Å². The summed E-state index contributed by atoms with van der Waals surface area (Å²) >= 11 is 0. The molecule has 1 atom stereocenters. The zero-order valence-corrected chi connectivity index (χ0v) is 10.8. The van der Waals surface area contributed by atoms with Gasteiger partial charge < -0.3 is 15.2 Å². The second-order valence-corrected chi connectivity index (χ2v) is 4.00. The van der Waals surface area contributed by atoms with E-state index in [0.29, 0.717) is 12.8 Å². The smallest absolute Gasteiger partial charge is 0.326 e. The first-order chi connectivity index (χ1) is 8.99. The lowest BCUT2D eigenvalue weighted by molar-refractivity contribution is -0.139. The van der Waals surface area contributed by atoms with Crippen LogP contribution in [0.1, 0.15) is 30.1 Å². The molecule has 0 saturated heterocycles. The molecular weight excluding hydrogens is 253 g/mol. The number of methoxy groups -OCH3 is 1. The van der Waals surface area contributed by atoms with Gasteiger partial charge in [-0.1, -0.05) is 13.3 Å². The fourth-order valence-electron chi connectivity index (χ4n) is 1.60. The molecule has 104 valence electrons. The number of nitrogens with one attached hydrogen (secondary N) is 1. The molecule has 0 aliphatic heterocycles. The van der Waals surface area contributed by atoms with Crippen molar-refractivity contribution >= 4 is 11.9 Å². The van der Waals surface area contributed by atoms with Crippen molar-refractivity contribution in [3.63, 3.8) is 0 Å². The minimum absolute atomic E-state index is 0.0277. The Balaban J connectivity index is 2.82. The van der Waals surface area contributed by atoms with Crippen LogP contribution in [0.2, 0.25) is 0 Å². The van der Waals surface area contributed by atoms with Gasteiger partial charge in [-0.05, 0) is 24.6 Å². The molecule has 2 N–H and O–H groups in total. The van der Waals surface area contributed by atoms with E-state index in [2.05, 4.69) is 5.32 Å². The quantitative estimate of drug-likeness (QED) is 0.826. The topological polar surface area (TPSA) is 75.6 Å². The molecule has 0 heterocycles. The molecule has 0 aliphatic carbocycles. The number of amides is 1. The molecule has 1 rings (SSSR count). The summed E-state index contributed by atoms with van der Waals surface area (Å²) < 4.78 is 18.2. The second-order valence-electron chi connectivity index (χ2n) is 4.00. The molecule has 0 spiro atoms. The number of carbonyl (C=O) groups is 2. The maximum Gasteiger partial charge on any atom is 0.326 e. The van der Waals surface area contributed by atoms with Gasteiger partial charge >= 0.3 is 5.97 Å². The van der Waals surface area contributed by atoms with Crippen LogP contribution in [0.15, 0.2) is 18.2 Å². The van der Waals surface area contributed by atoms with E-state index in [1.165, 1.54) is 19.2 Å². The summed E-state index contributed by atoms with van der Waals surface area (Å²) in [5, 5.41) is 11.3. The molecule has 0 radical (unpaired) electrons. The Hall–Kier alpha value is -2.11. The van der Waals surface area contributed by atoms with Crippen molar-refractivity contribution in [2.45, 2.75) is 25.8 Å². The third-order valence-electron chi connectivity index (χ3n) is 2.59. The lowest BCUT2D eigenvalue weighted by Gasteiger charge is -2.13. The summed E-state index contributed by atoms with van der Waals surface area (Å²) in [6.07, 6.45) is 0.938. The molecule has 0 unspecified atom stereocenters. The van der Waals surface area contributed by atoms with E-state index in [4.69, 9.17) is 9.84 Å². The number of hydrogen-bond donors (Lipinski definition) is 2. The Morgan fingerprint density at radius 1 is 1.47 bits per heavy atom. The van der Waals surface area contributed by atoms with Crippen LogP contribution in [-0.4, -0.2) is 30.1 Å². The van der Waals surface area contributed by atoms with Crippen molar-refractivity contribution in [2.24, 2.45) is 0 Å². The van der Waals surface area contributed by atoms with Gasteiger partial charge in [-0.3, -0.25) is 4.79 Å². The number of halogens is 1. The number of rotatable bonds is 6. The summed E-state index contributed by atoms with van der Waals surface area (Å²) in [4.78, 5) is 22.7. The Morgan fingerprint density at radius 2 is 2.16 bits per heavy atom. The number of hydrogen-bond acceptors (Lipinski definition) is 3. The van der Waals surface area contributed by atoms with E-state index in [1.54, 1.807) is 0 Å². The van der Waals surface area contributed by atoms with E-state index in [0.717, 1.165) is 6.07 Å². The van der Waals surface area contributed by atoms with Crippen molar-refractivity contribution in [1.29, 1.82) is 0 Å². The van der Waals surface area contributed by atoms with Gasteiger partial charge in [0, 0.05) is 5.56 Å². The van der Waals surface area contributed by atoms with Crippen molar-refractivity contribution in [3.05, 3.63) is 29.6 Å². The van der Waals surface area contributed by atoms with Crippen LogP contribution in [-0.2, 0) is 4.79 Å². The van der Waals surface area contributed by atoms with Gasteiger partial charge in [-0.2, -0.15) is 0 Å². The average molecular weight is 269 g/mol. The monoisotopic (exact) mass is 269 g/mol. The highest BCUT2D eigenvalue weighted by molar-refractivity contribution is 5.96.